The minimum atomic E-state index is -1.26. The fraction of sp³-hybridized carbons (Fsp3) is 0.375. The number of anilines is 1. The number of carbonyl (C=O) groups excluding carboxylic acids is 3. The van der Waals surface area contributed by atoms with E-state index in [1.54, 1.807) is 36.0 Å². The largest absolute Gasteiger partial charge is 0.468 e. The Morgan fingerprint density at radius 2 is 1.77 bits per heavy atom. The van der Waals surface area contributed by atoms with E-state index in [-0.39, 0.29) is 11.8 Å². The number of fused-ring (bicyclic) bond motifs is 1. The van der Waals surface area contributed by atoms with E-state index in [0.717, 1.165) is 11.1 Å². The van der Waals surface area contributed by atoms with Crippen molar-refractivity contribution < 1.29 is 19.1 Å². The molecule has 7 heteroatoms. The van der Waals surface area contributed by atoms with Gasteiger partial charge in [-0.1, -0.05) is 42.5 Å². The van der Waals surface area contributed by atoms with Gasteiger partial charge in [0.25, 0.3) is 0 Å². The van der Waals surface area contributed by atoms with Gasteiger partial charge in [-0.25, -0.2) is 4.90 Å². The molecule has 2 aliphatic rings. The van der Waals surface area contributed by atoms with Crippen LogP contribution in [-0.4, -0.2) is 42.4 Å². The van der Waals surface area contributed by atoms with Gasteiger partial charge in [-0.3, -0.25) is 19.7 Å². The average Bonchev–Trinajstić information content (AvgIpc) is 3.27. The number of imide groups is 1. The highest BCUT2D eigenvalue weighted by Gasteiger charge is 2.68. The zero-order valence-corrected chi connectivity index (χ0v) is 18.6. The monoisotopic (exact) mass is 438 g/mol. The molecule has 31 heavy (non-hydrogen) atoms. The molecule has 0 spiro atoms. The first-order chi connectivity index (χ1) is 15.0. The highest BCUT2D eigenvalue weighted by molar-refractivity contribution is 7.98. The van der Waals surface area contributed by atoms with Gasteiger partial charge in [-0.15, -0.1) is 0 Å². The Labute approximate surface area is 186 Å². The number of ether oxygens (including phenoxy) is 1. The molecule has 0 bridgehead atoms. The highest BCUT2D eigenvalue weighted by Crippen LogP contribution is 2.51. The van der Waals surface area contributed by atoms with Crippen LogP contribution in [0.1, 0.15) is 23.6 Å². The lowest BCUT2D eigenvalue weighted by Crippen LogP contribution is -2.56. The summed E-state index contributed by atoms with van der Waals surface area (Å²) >= 11 is 1.59. The molecule has 1 N–H and O–H groups in total. The molecule has 0 unspecified atom stereocenters. The molecule has 2 heterocycles. The molecule has 0 saturated carbocycles. The predicted molar refractivity (Wildman–Crippen MR) is 121 cm³/mol. The number of benzene rings is 2. The fourth-order valence-corrected chi connectivity index (χ4v) is 5.53. The number of para-hydroxylation sites is 1. The van der Waals surface area contributed by atoms with Crippen LogP contribution in [0.4, 0.5) is 5.69 Å². The number of rotatable bonds is 6. The number of hydrogen-bond acceptors (Lipinski definition) is 6. The summed E-state index contributed by atoms with van der Waals surface area (Å²) in [6.45, 7) is 1.97. The third-order valence-corrected chi connectivity index (χ3v) is 7.05. The first-order valence-corrected chi connectivity index (χ1v) is 11.7. The van der Waals surface area contributed by atoms with Gasteiger partial charge in [0.15, 0.2) is 0 Å². The average molecular weight is 439 g/mol. The molecule has 0 radical (unpaired) electrons. The van der Waals surface area contributed by atoms with Crippen LogP contribution < -0.4 is 10.2 Å². The summed E-state index contributed by atoms with van der Waals surface area (Å²) in [5, 5.41) is 3.43. The Morgan fingerprint density at radius 3 is 2.42 bits per heavy atom. The summed E-state index contributed by atoms with van der Waals surface area (Å²) in [7, 11) is 1.33. The SMILES string of the molecule is COC(=O)[C@]1(CCSC)N[C@H](c2ccccc2C)[C@H]2C(=O)N(c3ccccc3)C(=O)[C@@H]21. The van der Waals surface area contributed by atoms with E-state index in [2.05, 4.69) is 5.32 Å². The zero-order valence-electron chi connectivity index (χ0n) is 17.8. The van der Waals surface area contributed by atoms with Crippen molar-refractivity contribution in [1.29, 1.82) is 0 Å². The lowest BCUT2D eigenvalue weighted by atomic mass is 9.77. The maximum atomic E-state index is 13.7. The number of hydrogen-bond donors (Lipinski definition) is 1. The normalized spacial score (nSPS) is 27.5. The van der Waals surface area contributed by atoms with E-state index < -0.39 is 29.4 Å². The van der Waals surface area contributed by atoms with Gasteiger partial charge in [-0.2, -0.15) is 11.8 Å². The van der Waals surface area contributed by atoms with Gasteiger partial charge in [-0.05, 0) is 48.6 Å². The van der Waals surface area contributed by atoms with E-state index >= 15 is 0 Å². The summed E-state index contributed by atoms with van der Waals surface area (Å²) in [5.74, 6) is -1.99. The number of thioether (sulfide) groups is 1. The van der Waals surface area contributed by atoms with Crippen molar-refractivity contribution in [2.24, 2.45) is 11.8 Å². The number of nitrogens with zero attached hydrogens (tertiary/aromatic N) is 1. The number of methoxy groups -OCH3 is 1. The molecule has 2 aliphatic heterocycles. The van der Waals surface area contributed by atoms with Crippen LogP contribution in [0.25, 0.3) is 0 Å². The lowest BCUT2D eigenvalue weighted by molar-refractivity contribution is -0.152. The molecular weight excluding hydrogens is 412 g/mol. The van der Waals surface area contributed by atoms with Crippen molar-refractivity contribution in [3.8, 4) is 0 Å². The van der Waals surface area contributed by atoms with E-state index in [1.807, 2.05) is 43.5 Å². The maximum Gasteiger partial charge on any atom is 0.326 e. The maximum absolute atomic E-state index is 13.7. The van der Waals surface area contributed by atoms with Crippen LogP contribution in [0, 0.1) is 18.8 Å². The van der Waals surface area contributed by atoms with Gasteiger partial charge in [0.2, 0.25) is 11.8 Å². The van der Waals surface area contributed by atoms with Crippen LogP contribution in [-0.2, 0) is 19.1 Å². The molecule has 0 aliphatic carbocycles. The molecule has 2 aromatic carbocycles. The van der Waals surface area contributed by atoms with Gasteiger partial charge in [0.1, 0.15) is 5.54 Å². The summed E-state index contributed by atoms with van der Waals surface area (Å²) in [5.41, 5.74) is 1.19. The van der Waals surface area contributed by atoms with Gasteiger partial charge < -0.3 is 4.74 Å². The van der Waals surface area contributed by atoms with Crippen LogP contribution >= 0.6 is 11.8 Å². The first kappa shape index (κ1) is 21.6. The molecule has 6 nitrogen and oxygen atoms in total. The molecule has 0 aromatic heterocycles. The number of nitrogens with one attached hydrogen (secondary N) is 1. The summed E-state index contributed by atoms with van der Waals surface area (Å²) < 4.78 is 5.19. The Balaban J connectivity index is 1.88. The smallest absolute Gasteiger partial charge is 0.326 e. The lowest BCUT2D eigenvalue weighted by Gasteiger charge is -2.32. The standard InChI is InChI=1S/C24H26N2O4S/c1-15-9-7-8-12-17(15)20-18-19(24(25-20,13-14-31-3)23(29)30-2)22(28)26(21(18)27)16-10-5-4-6-11-16/h4-12,18-20,25H,13-14H2,1-3H3/t18-,19+,20+,24+/m0/s1. The second-order valence-corrected chi connectivity index (χ2v) is 9.02. The Morgan fingerprint density at radius 1 is 1.10 bits per heavy atom. The second kappa shape index (κ2) is 8.48. The predicted octanol–water partition coefficient (Wildman–Crippen LogP) is 3.11. The molecule has 4 rings (SSSR count). The second-order valence-electron chi connectivity index (χ2n) is 8.04. The van der Waals surface area contributed by atoms with Crippen LogP contribution in [0.15, 0.2) is 54.6 Å². The van der Waals surface area contributed by atoms with Crippen molar-refractivity contribution >= 4 is 35.2 Å². The molecule has 2 aromatic rings. The van der Waals surface area contributed by atoms with Crippen molar-refractivity contribution in [3.05, 3.63) is 65.7 Å². The first-order valence-electron chi connectivity index (χ1n) is 10.3. The summed E-state index contributed by atoms with van der Waals surface area (Å²) in [6.07, 6.45) is 2.35. The zero-order chi connectivity index (χ0) is 22.2. The third kappa shape index (κ3) is 3.36. The third-order valence-electron chi connectivity index (χ3n) is 6.44. The molecule has 2 amide bonds. The molecular formula is C24H26N2O4S. The van der Waals surface area contributed by atoms with Crippen molar-refractivity contribution in [2.75, 3.05) is 24.0 Å². The van der Waals surface area contributed by atoms with E-state index in [9.17, 15) is 14.4 Å². The summed E-state index contributed by atoms with van der Waals surface area (Å²) in [6, 6.07) is 16.2. The minimum Gasteiger partial charge on any atom is -0.468 e. The van der Waals surface area contributed by atoms with Crippen LogP contribution in [0.5, 0.6) is 0 Å². The van der Waals surface area contributed by atoms with Crippen LogP contribution in [0.3, 0.4) is 0 Å². The minimum absolute atomic E-state index is 0.281. The Hall–Kier alpha value is -2.64. The van der Waals surface area contributed by atoms with E-state index in [0.29, 0.717) is 17.9 Å². The number of amides is 2. The highest BCUT2D eigenvalue weighted by atomic mass is 32.2. The van der Waals surface area contributed by atoms with Crippen molar-refractivity contribution in [2.45, 2.75) is 24.9 Å². The summed E-state index contributed by atoms with van der Waals surface area (Å²) in [4.78, 5) is 41.8. The van der Waals surface area contributed by atoms with E-state index in [4.69, 9.17) is 4.74 Å². The molecule has 162 valence electrons. The number of carbonyl (C=O) groups is 3. The van der Waals surface area contributed by atoms with Crippen molar-refractivity contribution in [3.63, 3.8) is 0 Å². The quantitative estimate of drug-likeness (QED) is 0.552. The van der Waals surface area contributed by atoms with Gasteiger partial charge >= 0.3 is 5.97 Å². The number of aryl methyl sites for hydroxylation is 1. The number of esters is 1. The molecule has 2 saturated heterocycles. The van der Waals surface area contributed by atoms with E-state index in [1.165, 1.54) is 12.0 Å². The van der Waals surface area contributed by atoms with Gasteiger partial charge in [0, 0.05) is 6.04 Å². The van der Waals surface area contributed by atoms with Gasteiger partial charge in [0.05, 0.1) is 24.6 Å². The Bertz CT molecular complexity index is 1010. The van der Waals surface area contributed by atoms with Crippen molar-refractivity contribution in [1.82, 2.24) is 5.32 Å². The molecule has 2 fully saturated rings. The Kier molecular flexibility index (Phi) is 5.90. The molecule has 4 atom stereocenters. The topological polar surface area (TPSA) is 75.7 Å². The van der Waals surface area contributed by atoms with Crippen LogP contribution in [0.2, 0.25) is 0 Å². The fourth-order valence-electron chi connectivity index (χ4n) is 5.00.